The van der Waals surface area contributed by atoms with Crippen molar-refractivity contribution in [3.63, 3.8) is 0 Å². The highest BCUT2D eigenvalue weighted by atomic mass is 16.5. The van der Waals surface area contributed by atoms with Crippen LogP contribution < -0.4 is 4.74 Å². The van der Waals surface area contributed by atoms with Crippen LogP contribution in [0.1, 0.15) is 12.8 Å². The molecule has 1 aliphatic heterocycles. The van der Waals surface area contributed by atoms with Gasteiger partial charge in [0, 0.05) is 13.2 Å². The topological polar surface area (TPSA) is 35.5 Å². The van der Waals surface area contributed by atoms with E-state index in [1.165, 1.54) is 10.8 Å². The summed E-state index contributed by atoms with van der Waals surface area (Å²) >= 11 is 0. The van der Waals surface area contributed by atoms with Crippen LogP contribution in [0.4, 0.5) is 0 Å². The quantitative estimate of drug-likeness (QED) is 0.402. The summed E-state index contributed by atoms with van der Waals surface area (Å²) in [4.78, 5) is 12.3. The lowest BCUT2D eigenvalue weighted by Crippen LogP contribution is -2.27. The molecule has 3 aromatic carbocycles. The van der Waals surface area contributed by atoms with E-state index in [0.717, 1.165) is 23.6 Å². The van der Waals surface area contributed by atoms with Gasteiger partial charge < -0.3 is 9.47 Å². The summed E-state index contributed by atoms with van der Waals surface area (Å²) in [5.41, 5.74) is 0. The van der Waals surface area contributed by atoms with E-state index in [9.17, 15) is 4.79 Å². The Morgan fingerprint density at radius 2 is 1.61 bits per heavy atom. The molecular formula is C20H18O3. The van der Waals surface area contributed by atoms with Gasteiger partial charge in [0.05, 0.1) is 5.92 Å². The second kappa shape index (κ2) is 6.01. The normalized spacial score (nSPS) is 15.8. The molecule has 1 fully saturated rings. The van der Waals surface area contributed by atoms with Crippen molar-refractivity contribution in [2.24, 2.45) is 5.92 Å². The first kappa shape index (κ1) is 14.2. The van der Waals surface area contributed by atoms with Crippen LogP contribution in [0.3, 0.4) is 0 Å². The van der Waals surface area contributed by atoms with Crippen LogP contribution in [0.15, 0.2) is 54.6 Å². The van der Waals surface area contributed by atoms with Crippen molar-refractivity contribution in [3.8, 4) is 5.75 Å². The van der Waals surface area contributed by atoms with E-state index in [1.54, 1.807) is 0 Å². The van der Waals surface area contributed by atoms with Crippen molar-refractivity contribution in [1.29, 1.82) is 0 Å². The van der Waals surface area contributed by atoms with Gasteiger partial charge in [-0.15, -0.1) is 0 Å². The van der Waals surface area contributed by atoms with E-state index in [0.29, 0.717) is 19.0 Å². The fraction of sp³-hybridized carbons (Fsp3) is 0.250. The first-order chi connectivity index (χ1) is 11.3. The third-order valence-corrected chi connectivity index (χ3v) is 4.49. The molecule has 0 saturated carbocycles. The molecule has 23 heavy (non-hydrogen) atoms. The number of hydrogen-bond acceptors (Lipinski definition) is 3. The smallest absolute Gasteiger partial charge is 0.314 e. The molecule has 0 radical (unpaired) electrons. The molecule has 1 saturated heterocycles. The predicted octanol–water partition coefficient (Wildman–Crippen LogP) is 4.33. The Morgan fingerprint density at radius 1 is 0.913 bits per heavy atom. The summed E-state index contributed by atoms with van der Waals surface area (Å²) in [6, 6.07) is 18.3. The Kier molecular flexibility index (Phi) is 3.72. The Balaban J connectivity index is 1.67. The molecule has 0 amide bonds. The second-order valence-electron chi connectivity index (χ2n) is 5.98. The fourth-order valence-corrected chi connectivity index (χ4v) is 3.18. The SMILES string of the molecule is O=C(Oc1ccc2ccc3ccccc3c2c1)C1CCOCC1. The van der Waals surface area contributed by atoms with Gasteiger partial charge in [-0.1, -0.05) is 42.5 Å². The van der Waals surface area contributed by atoms with Gasteiger partial charge in [-0.3, -0.25) is 4.79 Å². The third-order valence-electron chi connectivity index (χ3n) is 4.49. The van der Waals surface area contributed by atoms with Crippen molar-refractivity contribution < 1.29 is 14.3 Å². The molecule has 0 aliphatic carbocycles. The number of hydrogen-bond donors (Lipinski definition) is 0. The summed E-state index contributed by atoms with van der Waals surface area (Å²) in [7, 11) is 0. The third kappa shape index (κ3) is 2.80. The standard InChI is InChI=1S/C20H18O3/c21-20(16-9-11-22-12-10-16)23-17-8-7-15-6-5-14-3-1-2-4-18(14)19(15)13-17/h1-8,13,16H,9-12H2. The van der Waals surface area contributed by atoms with Crippen molar-refractivity contribution in [1.82, 2.24) is 0 Å². The first-order valence-electron chi connectivity index (χ1n) is 8.02. The van der Waals surface area contributed by atoms with Gasteiger partial charge in [0.25, 0.3) is 0 Å². The fourth-order valence-electron chi connectivity index (χ4n) is 3.18. The number of carbonyl (C=O) groups is 1. The average molecular weight is 306 g/mol. The predicted molar refractivity (Wildman–Crippen MR) is 90.6 cm³/mol. The highest BCUT2D eigenvalue weighted by Gasteiger charge is 2.23. The molecule has 0 bridgehead atoms. The molecule has 0 aromatic heterocycles. The number of rotatable bonds is 2. The summed E-state index contributed by atoms with van der Waals surface area (Å²) in [5.74, 6) is 0.421. The minimum Gasteiger partial charge on any atom is -0.426 e. The Labute approximate surface area is 134 Å². The number of esters is 1. The Morgan fingerprint density at radius 3 is 2.43 bits per heavy atom. The maximum atomic E-state index is 12.3. The van der Waals surface area contributed by atoms with Gasteiger partial charge in [0.1, 0.15) is 5.75 Å². The monoisotopic (exact) mass is 306 g/mol. The zero-order chi connectivity index (χ0) is 15.6. The number of ether oxygens (including phenoxy) is 2. The number of benzene rings is 3. The van der Waals surface area contributed by atoms with E-state index >= 15 is 0 Å². The molecule has 1 heterocycles. The van der Waals surface area contributed by atoms with Crippen LogP contribution in [-0.4, -0.2) is 19.2 Å². The molecule has 3 nitrogen and oxygen atoms in total. The average Bonchev–Trinajstić information content (AvgIpc) is 2.62. The molecule has 0 spiro atoms. The summed E-state index contributed by atoms with van der Waals surface area (Å²) in [5, 5.41) is 4.62. The van der Waals surface area contributed by atoms with Crippen molar-refractivity contribution in [2.75, 3.05) is 13.2 Å². The summed E-state index contributed by atoms with van der Waals surface area (Å²) in [6.45, 7) is 1.28. The molecule has 3 heteroatoms. The van der Waals surface area contributed by atoms with E-state index in [2.05, 4.69) is 24.3 Å². The van der Waals surface area contributed by atoms with Crippen LogP contribution >= 0.6 is 0 Å². The maximum Gasteiger partial charge on any atom is 0.314 e. The number of carbonyl (C=O) groups excluding carboxylic acids is 1. The molecule has 116 valence electrons. The molecule has 4 rings (SSSR count). The highest BCUT2D eigenvalue weighted by Crippen LogP contribution is 2.29. The second-order valence-corrected chi connectivity index (χ2v) is 5.98. The lowest BCUT2D eigenvalue weighted by molar-refractivity contribution is -0.141. The molecule has 0 atom stereocenters. The lowest BCUT2D eigenvalue weighted by Gasteiger charge is -2.20. The zero-order valence-electron chi connectivity index (χ0n) is 12.8. The van der Waals surface area contributed by atoms with Crippen LogP contribution in [-0.2, 0) is 9.53 Å². The van der Waals surface area contributed by atoms with E-state index in [1.807, 2.05) is 30.3 Å². The van der Waals surface area contributed by atoms with Gasteiger partial charge in [0.2, 0.25) is 0 Å². The van der Waals surface area contributed by atoms with Crippen molar-refractivity contribution in [2.45, 2.75) is 12.8 Å². The van der Waals surface area contributed by atoms with Crippen LogP contribution in [0, 0.1) is 5.92 Å². The molecular weight excluding hydrogens is 288 g/mol. The lowest BCUT2D eigenvalue weighted by atomic mass is 10.0. The van der Waals surface area contributed by atoms with Gasteiger partial charge in [0.15, 0.2) is 0 Å². The van der Waals surface area contributed by atoms with Gasteiger partial charge >= 0.3 is 5.97 Å². The first-order valence-corrected chi connectivity index (χ1v) is 8.02. The van der Waals surface area contributed by atoms with Crippen LogP contribution in [0.5, 0.6) is 5.75 Å². The van der Waals surface area contributed by atoms with E-state index < -0.39 is 0 Å². The highest BCUT2D eigenvalue weighted by molar-refractivity contribution is 6.07. The van der Waals surface area contributed by atoms with Gasteiger partial charge in [-0.2, -0.15) is 0 Å². The molecule has 1 aliphatic rings. The minimum atomic E-state index is -0.145. The van der Waals surface area contributed by atoms with Crippen LogP contribution in [0.25, 0.3) is 21.5 Å². The van der Waals surface area contributed by atoms with E-state index in [-0.39, 0.29) is 11.9 Å². The summed E-state index contributed by atoms with van der Waals surface area (Å²) < 4.78 is 10.9. The largest absolute Gasteiger partial charge is 0.426 e. The summed E-state index contributed by atoms with van der Waals surface area (Å²) in [6.07, 6.45) is 1.49. The van der Waals surface area contributed by atoms with Crippen molar-refractivity contribution >= 4 is 27.5 Å². The number of fused-ring (bicyclic) bond motifs is 3. The minimum absolute atomic E-state index is 0.0491. The van der Waals surface area contributed by atoms with Gasteiger partial charge in [-0.05, 0) is 46.5 Å². The van der Waals surface area contributed by atoms with Crippen LogP contribution in [0.2, 0.25) is 0 Å². The Hall–Kier alpha value is -2.39. The van der Waals surface area contributed by atoms with Crippen molar-refractivity contribution in [3.05, 3.63) is 54.6 Å². The molecule has 0 N–H and O–H groups in total. The molecule has 0 unspecified atom stereocenters. The van der Waals surface area contributed by atoms with Gasteiger partial charge in [-0.25, -0.2) is 0 Å². The maximum absolute atomic E-state index is 12.3. The zero-order valence-corrected chi connectivity index (χ0v) is 12.8. The molecule has 3 aromatic rings. The Bertz CT molecular complexity index is 863. The van der Waals surface area contributed by atoms with E-state index in [4.69, 9.17) is 9.47 Å².